The van der Waals surface area contributed by atoms with Crippen LogP contribution >= 0.6 is 24.0 Å². The first-order chi connectivity index (χ1) is 15.9. The van der Waals surface area contributed by atoms with Crippen LogP contribution in [0, 0.1) is 0 Å². The van der Waals surface area contributed by atoms with Gasteiger partial charge < -0.3 is 15.2 Å². The van der Waals surface area contributed by atoms with Gasteiger partial charge >= 0.3 is 5.97 Å². The van der Waals surface area contributed by atoms with Crippen LogP contribution < -0.4 is 10.1 Å². The van der Waals surface area contributed by atoms with Crippen LogP contribution in [-0.4, -0.2) is 45.2 Å². The van der Waals surface area contributed by atoms with Crippen molar-refractivity contribution in [3.63, 3.8) is 0 Å². The van der Waals surface area contributed by atoms with Gasteiger partial charge in [0.2, 0.25) is 5.91 Å². The van der Waals surface area contributed by atoms with Crippen LogP contribution in [0.4, 0.5) is 0 Å². The molecule has 1 fully saturated rings. The average molecular weight is 485 g/mol. The van der Waals surface area contributed by atoms with E-state index >= 15 is 0 Å². The molecule has 172 valence electrons. The molecule has 2 N–H and O–H groups in total. The zero-order valence-electron chi connectivity index (χ0n) is 17.9. The number of ether oxygens (including phenoxy) is 1. The molecule has 0 spiro atoms. The van der Waals surface area contributed by atoms with E-state index < -0.39 is 5.97 Å². The molecule has 1 aliphatic rings. The van der Waals surface area contributed by atoms with Gasteiger partial charge in [0.25, 0.3) is 5.91 Å². The van der Waals surface area contributed by atoms with E-state index in [2.05, 4.69) is 5.32 Å². The first kappa shape index (κ1) is 24.5. The molecule has 0 unspecified atom stereocenters. The van der Waals surface area contributed by atoms with E-state index in [9.17, 15) is 14.4 Å². The number of aliphatic carboxylic acids is 1. The molecule has 2 aromatic carbocycles. The molecule has 0 saturated carbocycles. The summed E-state index contributed by atoms with van der Waals surface area (Å²) in [7, 11) is 0. The fourth-order valence-corrected chi connectivity index (χ4v) is 4.38. The van der Waals surface area contributed by atoms with E-state index in [0.29, 0.717) is 34.5 Å². The average Bonchev–Trinajstić information content (AvgIpc) is 3.06. The number of hydrogen-bond acceptors (Lipinski definition) is 6. The van der Waals surface area contributed by atoms with Gasteiger partial charge in [-0.1, -0.05) is 66.4 Å². The molecular weight excluding hydrogens is 460 g/mol. The SMILES string of the molecule is O=C(O)CCNC(=O)CCCN1C(=O)/C(=C/c2cccc(OCc3ccccc3)c2)SC1=S. The Morgan fingerprint density at radius 3 is 2.67 bits per heavy atom. The summed E-state index contributed by atoms with van der Waals surface area (Å²) in [6, 6.07) is 17.4. The summed E-state index contributed by atoms with van der Waals surface area (Å²) in [6.07, 6.45) is 2.29. The topological polar surface area (TPSA) is 95.9 Å². The summed E-state index contributed by atoms with van der Waals surface area (Å²) in [5, 5.41) is 11.1. The van der Waals surface area contributed by atoms with Crippen LogP contribution in [0.2, 0.25) is 0 Å². The highest BCUT2D eigenvalue weighted by Crippen LogP contribution is 2.33. The largest absolute Gasteiger partial charge is 0.489 e. The van der Waals surface area contributed by atoms with Crippen molar-refractivity contribution in [2.45, 2.75) is 25.9 Å². The second-order valence-corrected chi connectivity index (χ2v) is 8.95. The number of carbonyl (C=O) groups is 3. The molecule has 2 amide bonds. The number of rotatable bonds is 11. The summed E-state index contributed by atoms with van der Waals surface area (Å²) in [4.78, 5) is 37.1. The van der Waals surface area contributed by atoms with E-state index in [4.69, 9.17) is 22.1 Å². The highest BCUT2D eigenvalue weighted by atomic mass is 32.2. The van der Waals surface area contributed by atoms with Crippen molar-refractivity contribution < 1.29 is 24.2 Å². The first-order valence-electron chi connectivity index (χ1n) is 10.4. The maximum atomic E-state index is 12.8. The molecule has 3 rings (SSSR count). The second-order valence-electron chi connectivity index (χ2n) is 7.28. The number of carboxylic acids is 1. The predicted molar refractivity (Wildman–Crippen MR) is 132 cm³/mol. The molecule has 0 bridgehead atoms. The lowest BCUT2D eigenvalue weighted by Crippen LogP contribution is -2.31. The Kier molecular flexibility index (Phi) is 9.03. The van der Waals surface area contributed by atoms with Crippen molar-refractivity contribution in [2.24, 2.45) is 0 Å². The number of benzene rings is 2. The quantitative estimate of drug-likeness (QED) is 0.370. The zero-order valence-corrected chi connectivity index (χ0v) is 19.5. The maximum absolute atomic E-state index is 12.8. The summed E-state index contributed by atoms with van der Waals surface area (Å²) >= 11 is 6.58. The molecule has 33 heavy (non-hydrogen) atoms. The van der Waals surface area contributed by atoms with Crippen LogP contribution in [0.5, 0.6) is 5.75 Å². The van der Waals surface area contributed by atoms with E-state index in [-0.39, 0.29) is 31.2 Å². The van der Waals surface area contributed by atoms with Gasteiger partial charge in [0.1, 0.15) is 16.7 Å². The first-order valence-corrected chi connectivity index (χ1v) is 11.7. The van der Waals surface area contributed by atoms with Gasteiger partial charge in [-0.3, -0.25) is 19.3 Å². The normalized spacial score (nSPS) is 14.5. The lowest BCUT2D eigenvalue weighted by molar-refractivity contribution is -0.137. The van der Waals surface area contributed by atoms with Gasteiger partial charge in [-0.2, -0.15) is 0 Å². The standard InChI is InChI=1S/C24H24N2O5S2/c27-21(25-12-11-22(28)29)10-5-13-26-23(30)20(33-24(26)32)15-18-8-4-9-19(14-18)31-16-17-6-2-1-3-7-17/h1-4,6-9,14-15H,5,10-13,16H2,(H,25,27)(H,28,29)/b20-15-. The van der Waals surface area contributed by atoms with Gasteiger partial charge in [0.05, 0.1) is 11.3 Å². The van der Waals surface area contributed by atoms with Crippen LogP contribution in [0.3, 0.4) is 0 Å². The van der Waals surface area contributed by atoms with E-state index in [0.717, 1.165) is 11.1 Å². The Labute approximate surface area is 201 Å². The minimum absolute atomic E-state index is 0.0894. The number of nitrogens with zero attached hydrogens (tertiary/aromatic N) is 1. The third-order valence-electron chi connectivity index (χ3n) is 4.72. The Balaban J connectivity index is 1.52. The van der Waals surface area contributed by atoms with Gasteiger partial charge in [-0.15, -0.1) is 0 Å². The molecule has 1 saturated heterocycles. The summed E-state index contributed by atoms with van der Waals surface area (Å²) in [6.45, 7) is 0.872. The highest BCUT2D eigenvalue weighted by molar-refractivity contribution is 8.26. The second kappa shape index (κ2) is 12.2. The van der Waals surface area contributed by atoms with Gasteiger partial charge in [0, 0.05) is 19.5 Å². The van der Waals surface area contributed by atoms with Crippen molar-refractivity contribution in [3.05, 3.63) is 70.6 Å². The molecule has 0 radical (unpaired) electrons. The van der Waals surface area contributed by atoms with Crippen molar-refractivity contribution in [2.75, 3.05) is 13.1 Å². The number of carboxylic acid groups (broad SMARTS) is 1. The lowest BCUT2D eigenvalue weighted by Gasteiger charge is -2.14. The Morgan fingerprint density at radius 2 is 1.91 bits per heavy atom. The molecule has 0 aromatic heterocycles. The zero-order chi connectivity index (χ0) is 23.6. The van der Waals surface area contributed by atoms with E-state index in [1.54, 1.807) is 6.08 Å². The number of amides is 2. The van der Waals surface area contributed by atoms with Crippen LogP contribution in [0.1, 0.15) is 30.4 Å². The smallest absolute Gasteiger partial charge is 0.305 e. The molecule has 0 aliphatic carbocycles. The Hall–Kier alpha value is -3.17. The molecule has 1 heterocycles. The summed E-state index contributed by atoms with van der Waals surface area (Å²) < 4.78 is 6.31. The van der Waals surface area contributed by atoms with Crippen LogP contribution in [0.15, 0.2) is 59.5 Å². The third kappa shape index (κ3) is 7.73. The summed E-state index contributed by atoms with van der Waals surface area (Å²) in [5.41, 5.74) is 1.90. The van der Waals surface area contributed by atoms with Crippen molar-refractivity contribution in [1.29, 1.82) is 0 Å². The number of carbonyl (C=O) groups excluding carboxylic acids is 2. The highest BCUT2D eigenvalue weighted by Gasteiger charge is 2.31. The monoisotopic (exact) mass is 484 g/mol. The van der Waals surface area contributed by atoms with Crippen molar-refractivity contribution in [1.82, 2.24) is 10.2 Å². The van der Waals surface area contributed by atoms with E-state index in [1.165, 1.54) is 16.7 Å². The predicted octanol–water partition coefficient (Wildman–Crippen LogP) is 3.84. The maximum Gasteiger partial charge on any atom is 0.305 e. The minimum Gasteiger partial charge on any atom is -0.489 e. The van der Waals surface area contributed by atoms with Gasteiger partial charge in [-0.25, -0.2) is 0 Å². The van der Waals surface area contributed by atoms with Crippen molar-refractivity contribution >= 4 is 52.2 Å². The van der Waals surface area contributed by atoms with Gasteiger partial charge in [-0.05, 0) is 35.8 Å². The van der Waals surface area contributed by atoms with Crippen molar-refractivity contribution in [3.8, 4) is 5.75 Å². The third-order valence-corrected chi connectivity index (χ3v) is 6.10. The van der Waals surface area contributed by atoms with E-state index in [1.807, 2.05) is 54.6 Å². The fraction of sp³-hybridized carbons (Fsp3) is 0.250. The molecule has 0 atom stereocenters. The van der Waals surface area contributed by atoms with Crippen LogP contribution in [-0.2, 0) is 21.0 Å². The number of nitrogens with one attached hydrogen (secondary N) is 1. The minimum atomic E-state index is -0.965. The number of hydrogen-bond donors (Lipinski definition) is 2. The molecular formula is C24H24N2O5S2. The fourth-order valence-electron chi connectivity index (χ4n) is 3.07. The van der Waals surface area contributed by atoms with Gasteiger partial charge in [0.15, 0.2) is 0 Å². The Morgan fingerprint density at radius 1 is 1.12 bits per heavy atom. The summed E-state index contributed by atoms with van der Waals surface area (Å²) in [5.74, 6) is -0.693. The lowest BCUT2D eigenvalue weighted by atomic mass is 10.2. The molecule has 7 nitrogen and oxygen atoms in total. The van der Waals surface area contributed by atoms with Crippen LogP contribution in [0.25, 0.3) is 6.08 Å². The Bertz CT molecular complexity index is 1060. The number of thioether (sulfide) groups is 1. The molecule has 1 aliphatic heterocycles. The molecule has 9 heteroatoms. The molecule has 2 aromatic rings. The number of thiocarbonyl (C=S) groups is 1.